The van der Waals surface area contributed by atoms with Gasteiger partial charge in [0.25, 0.3) is 0 Å². The highest BCUT2D eigenvalue weighted by molar-refractivity contribution is 7.90. The molecule has 1 atom stereocenters. The fraction of sp³-hybridized carbons (Fsp3) is 0.462. The van der Waals surface area contributed by atoms with Gasteiger partial charge in [-0.3, -0.25) is 4.79 Å². The van der Waals surface area contributed by atoms with Crippen molar-refractivity contribution in [1.82, 2.24) is 5.32 Å². The quantitative estimate of drug-likeness (QED) is 0.879. The number of nitrogens with zero attached hydrogens (tertiary/aromatic N) is 1. The van der Waals surface area contributed by atoms with Crippen LogP contribution in [0, 0.1) is 0 Å². The number of hydrogen-bond donors (Lipinski definition) is 1. The highest BCUT2D eigenvalue weighted by Crippen LogP contribution is 2.23. The van der Waals surface area contributed by atoms with Crippen LogP contribution in [-0.4, -0.2) is 38.9 Å². The van der Waals surface area contributed by atoms with Gasteiger partial charge >= 0.3 is 0 Å². The second-order valence-corrected chi connectivity index (χ2v) is 7.11. The van der Waals surface area contributed by atoms with Crippen LogP contribution >= 0.6 is 0 Å². The number of nitrogens with one attached hydrogen (secondary N) is 1. The minimum absolute atomic E-state index is 0.0280. The van der Waals surface area contributed by atoms with E-state index >= 15 is 0 Å². The summed E-state index contributed by atoms with van der Waals surface area (Å²) < 4.78 is 22.6. The zero-order valence-electron chi connectivity index (χ0n) is 11.1. The molecule has 0 saturated carbocycles. The molecule has 1 aromatic carbocycles. The average molecular weight is 282 g/mol. The van der Waals surface area contributed by atoms with Crippen molar-refractivity contribution in [2.24, 2.45) is 0 Å². The molecular weight excluding hydrogens is 264 g/mol. The van der Waals surface area contributed by atoms with Crippen LogP contribution in [0.15, 0.2) is 24.3 Å². The first-order valence-electron chi connectivity index (χ1n) is 6.19. The topological polar surface area (TPSA) is 66.5 Å². The summed E-state index contributed by atoms with van der Waals surface area (Å²) in [5.74, 6) is -0.117. The summed E-state index contributed by atoms with van der Waals surface area (Å²) >= 11 is 0. The number of anilines is 1. The Morgan fingerprint density at radius 2 is 2.05 bits per heavy atom. The second-order valence-electron chi connectivity index (χ2n) is 4.85. The van der Waals surface area contributed by atoms with E-state index in [1.165, 1.54) is 6.26 Å². The molecule has 1 aliphatic rings. The number of benzene rings is 1. The molecular formula is C13H18N2O3S. The molecule has 1 unspecified atom stereocenters. The number of rotatable bonds is 3. The molecule has 1 aliphatic heterocycles. The lowest BCUT2D eigenvalue weighted by atomic mass is 10.1. The van der Waals surface area contributed by atoms with Crippen molar-refractivity contribution >= 4 is 21.4 Å². The van der Waals surface area contributed by atoms with Gasteiger partial charge < -0.3 is 10.2 Å². The molecule has 1 aromatic rings. The Labute approximate surface area is 113 Å². The summed E-state index contributed by atoms with van der Waals surface area (Å²) in [4.78, 5) is 13.9. The fourth-order valence-corrected chi connectivity index (χ4v) is 2.63. The number of amides is 1. The Hall–Kier alpha value is -1.40. The Morgan fingerprint density at radius 3 is 2.74 bits per heavy atom. The van der Waals surface area contributed by atoms with Crippen LogP contribution in [-0.2, 0) is 21.2 Å². The van der Waals surface area contributed by atoms with Crippen molar-refractivity contribution in [3.63, 3.8) is 0 Å². The summed E-state index contributed by atoms with van der Waals surface area (Å²) in [7, 11) is -3.09. The third kappa shape index (κ3) is 3.33. The number of hydrogen-bond acceptors (Lipinski definition) is 4. The standard InChI is InChI=1S/C13H18N2O3S/c1-10-13(16)15(7-8-19(2,17)18)12-6-4-3-5-11(12)9-14-10/h3-6,10,14H,7-9H2,1-2H3. The summed E-state index contributed by atoms with van der Waals surface area (Å²) in [6.45, 7) is 2.60. The van der Waals surface area contributed by atoms with Crippen molar-refractivity contribution in [2.75, 3.05) is 23.5 Å². The molecule has 1 amide bonds. The van der Waals surface area contributed by atoms with Crippen molar-refractivity contribution in [1.29, 1.82) is 0 Å². The lowest BCUT2D eigenvalue weighted by Gasteiger charge is -2.24. The summed E-state index contributed by atoms with van der Waals surface area (Å²) in [6.07, 6.45) is 1.18. The maximum absolute atomic E-state index is 12.3. The molecule has 19 heavy (non-hydrogen) atoms. The van der Waals surface area contributed by atoms with Crippen LogP contribution in [0.3, 0.4) is 0 Å². The average Bonchev–Trinajstić information content (AvgIpc) is 2.46. The van der Waals surface area contributed by atoms with E-state index in [-0.39, 0.29) is 24.2 Å². The van der Waals surface area contributed by atoms with Gasteiger partial charge in [0.15, 0.2) is 0 Å². The number of carbonyl (C=O) groups is 1. The van der Waals surface area contributed by atoms with E-state index in [2.05, 4.69) is 5.32 Å². The SMILES string of the molecule is CC1NCc2ccccc2N(CCS(C)(=O)=O)C1=O. The van der Waals surface area contributed by atoms with Gasteiger partial charge in [0.05, 0.1) is 11.8 Å². The highest BCUT2D eigenvalue weighted by Gasteiger charge is 2.27. The first-order chi connectivity index (χ1) is 8.88. The van der Waals surface area contributed by atoms with E-state index in [9.17, 15) is 13.2 Å². The van der Waals surface area contributed by atoms with E-state index < -0.39 is 9.84 Å². The van der Waals surface area contributed by atoms with E-state index in [0.29, 0.717) is 6.54 Å². The number of sulfone groups is 1. The molecule has 5 nitrogen and oxygen atoms in total. The van der Waals surface area contributed by atoms with Gasteiger partial charge in [0, 0.05) is 25.0 Å². The van der Waals surface area contributed by atoms with Gasteiger partial charge in [-0.15, -0.1) is 0 Å². The third-order valence-corrected chi connectivity index (χ3v) is 4.13. The lowest BCUT2D eigenvalue weighted by Crippen LogP contribution is -2.44. The molecule has 0 radical (unpaired) electrons. The van der Waals surface area contributed by atoms with Crippen LogP contribution in [0.2, 0.25) is 0 Å². The van der Waals surface area contributed by atoms with Gasteiger partial charge in [-0.05, 0) is 18.6 Å². The summed E-state index contributed by atoms with van der Waals surface area (Å²) in [6, 6.07) is 7.26. The molecule has 0 fully saturated rings. The molecule has 0 bridgehead atoms. The number of fused-ring (bicyclic) bond motifs is 1. The molecule has 6 heteroatoms. The molecule has 1 N–H and O–H groups in total. The van der Waals surface area contributed by atoms with E-state index in [0.717, 1.165) is 11.3 Å². The van der Waals surface area contributed by atoms with Crippen LogP contribution in [0.5, 0.6) is 0 Å². The van der Waals surface area contributed by atoms with Gasteiger partial charge in [0.2, 0.25) is 5.91 Å². The van der Waals surface area contributed by atoms with E-state index in [1.54, 1.807) is 11.8 Å². The van der Waals surface area contributed by atoms with Crippen LogP contribution in [0.1, 0.15) is 12.5 Å². The van der Waals surface area contributed by atoms with Gasteiger partial charge in [0.1, 0.15) is 9.84 Å². The zero-order valence-corrected chi connectivity index (χ0v) is 11.9. The van der Waals surface area contributed by atoms with E-state index in [4.69, 9.17) is 0 Å². The van der Waals surface area contributed by atoms with Crippen molar-refractivity contribution < 1.29 is 13.2 Å². The second kappa shape index (κ2) is 5.30. The molecule has 2 rings (SSSR count). The maximum Gasteiger partial charge on any atom is 0.243 e. The van der Waals surface area contributed by atoms with Crippen LogP contribution in [0.4, 0.5) is 5.69 Å². The first kappa shape index (κ1) is 14.0. The number of carbonyl (C=O) groups excluding carboxylic acids is 1. The molecule has 0 saturated heterocycles. The van der Waals surface area contributed by atoms with Crippen molar-refractivity contribution in [3.05, 3.63) is 29.8 Å². The molecule has 0 aliphatic carbocycles. The molecule has 0 spiro atoms. The summed E-state index contributed by atoms with van der Waals surface area (Å²) in [5.41, 5.74) is 1.81. The first-order valence-corrected chi connectivity index (χ1v) is 8.25. The normalized spacial score (nSPS) is 20.0. The maximum atomic E-state index is 12.3. The fourth-order valence-electron chi connectivity index (χ4n) is 2.11. The van der Waals surface area contributed by atoms with Gasteiger partial charge in [-0.2, -0.15) is 0 Å². The van der Waals surface area contributed by atoms with Gasteiger partial charge in [-0.25, -0.2) is 8.42 Å². The molecule has 0 aromatic heterocycles. The Bertz CT molecular complexity index is 583. The van der Waals surface area contributed by atoms with Gasteiger partial charge in [-0.1, -0.05) is 18.2 Å². The highest BCUT2D eigenvalue weighted by atomic mass is 32.2. The zero-order chi connectivity index (χ0) is 14.0. The predicted molar refractivity (Wildman–Crippen MR) is 74.8 cm³/mol. The minimum Gasteiger partial charge on any atom is -0.310 e. The Balaban J connectivity index is 2.33. The monoisotopic (exact) mass is 282 g/mol. The lowest BCUT2D eigenvalue weighted by molar-refractivity contribution is -0.120. The molecule has 1 heterocycles. The van der Waals surface area contributed by atoms with E-state index in [1.807, 2.05) is 24.3 Å². The van der Waals surface area contributed by atoms with Crippen molar-refractivity contribution in [2.45, 2.75) is 19.5 Å². The van der Waals surface area contributed by atoms with Crippen LogP contribution in [0.25, 0.3) is 0 Å². The van der Waals surface area contributed by atoms with Crippen molar-refractivity contribution in [3.8, 4) is 0 Å². The Morgan fingerprint density at radius 1 is 1.37 bits per heavy atom. The van der Waals surface area contributed by atoms with Crippen LogP contribution < -0.4 is 10.2 Å². The number of para-hydroxylation sites is 1. The summed E-state index contributed by atoms with van der Waals surface area (Å²) in [5, 5.41) is 3.14. The predicted octanol–water partition coefficient (Wildman–Crippen LogP) is 0.556. The minimum atomic E-state index is -3.09. The third-order valence-electron chi connectivity index (χ3n) is 3.20. The largest absolute Gasteiger partial charge is 0.310 e. The molecule has 104 valence electrons. The smallest absolute Gasteiger partial charge is 0.243 e. The Kier molecular flexibility index (Phi) is 3.91.